The van der Waals surface area contributed by atoms with Crippen molar-refractivity contribution in [2.45, 2.75) is 77.2 Å². The largest absolute Gasteiger partial charge is 0.458 e. The lowest BCUT2D eigenvalue weighted by molar-refractivity contribution is -0.168. The first-order chi connectivity index (χ1) is 12.4. The Labute approximate surface area is 155 Å². The molecule has 1 spiro atoms. The molecule has 3 nitrogen and oxygen atoms in total. The summed E-state index contributed by atoms with van der Waals surface area (Å²) in [5.41, 5.74) is 1.78. The van der Waals surface area contributed by atoms with Gasteiger partial charge in [0.2, 0.25) is 0 Å². The van der Waals surface area contributed by atoms with Crippen LogP contribution in [0.1, 0.15) is 71.6 Å². The molecule has 0 N–H and O–H groups in total. The van der Waals surface area contributed by atoms with Crippen molar-refractivity contribution in [1.29, 1.82) is 0 Å². The van der Waals surface area contributed by atoms with Gasteiger partial charge in [-0.05, 0) is 86.0 Å². The number of carbonyl (C=O) groups excluding carboxylic acids is 2. The van der Waals surface area contributed by atoms with Gasteiger partial charge in [-0.2, -0.15) is 0 Å². The van der Waals surface area contributed by atoms with Crippen molar-refractivity contribution in [3.8, 4) is 0 Å². The highest BCUT2D eigenvalue weighted by Gasteiger charge is 2.71. The molecule has 3 heteroatoms. The maximum Gasteiger partial charge on any atom is 0.306 e. The molecule has 6 rings (SSSR count). The van der Waals surface area contributed by atoms with Crippen LogP contribution in [0.5, 0.6) is 0 Å². The Hall–Kier alpha value is -1.12. The zero-order valence-corrected chi connectivity index (χ0v) is 16.1. The van der Waals surface area contributed by atoms with Crippen LogP contribution in [-0.4, -0.2) is 17.4 Å². The summed E-state index contributed by atoms with van der Waals surface area (Å²) < 4.78 is 6.06. The monoisotopic (exact) mass is 354 g/mol. The van der Waals surface area contributed by atoms with E-state index in [1.165, 1.54) is 31.3 Å². The van der Waals surface area contributed by atoms with Crippen molar-refractivity contribution >= 4 is 11.8 Å². The predicted molar refractivity (Wildman–Crippen MR) is 97.1 cm³/mol. The van der Waals surface area contributed by atoms with Crippen LogP contribution >= 0.6 is 0 Å². The number of esters is 1. The van der Waals surface area contributed by atoms with E-state index < -0.39 is 0 Å². The summed E-state index contributed by atoms with van der Waals surface area (Å²) in [7, 11) is 0. The highest BCUT2D eigenvalue weighted by molar-refractivity contribution is 5.92. The SMILES string of the molecule is CC12CCC(=O)C=C1C1CC1C1C2CCC2(C)C1CCC21CCC(=O)O1. The summed E-state index contributed by atoms with van der Waals surface area (Å²) in [6.07, 6.45) is 11.5. The molecule has 0 bridgehead atoms. The first-order valence-corrected chi connectivity index (χ1v) is 10.8. The summed E-state index contributed by atoms with van der Waals surface area (Å²) in [4.78, 5) is 24.1. The van der Waals surface area contributed by atoms with Crippen molar-refractivity contribution in [1.82, 2.24) is 0 Å². The van der Waals surface area contributed by atoms with Gasteiger partial charge >= 0.3 is 5.97 Å². The number of rotatable bonds is 0. The number of ketones is 1. The van der Waals surface area contributed by atoms with E-state index in [-0.39, 0.29) is 22.4 Å². The van der Waals surface area contributed by atoms with Crippen LogP contribution in [0.3, 0.4) is 0 Å². The van der Waals surface area contributed by atoms with Crippen molar-refractivity contribution in [3.05, 3.63) is 11.6 Å². The van der Waals surface area contributed by atoms with Gasteiger partial charge in [-0.15, -0.1) is 0 Å². The molecule has 8 atom stereocenters. The quantitative estimate of drug-likeness (QED) is 0.604. The fraction of sp³-hybridized carbons (Fsp3) is 0.826. The smallest absolute Gasteiger partial charge is 0.306 e. The Balaban J connectivity index is 1.40. The highest BCUT2D eigenvalue weighted by atomic mass is 16.6. The molecular weight excluding hydrogens is 324 g/mol. The van der Waals surface area contributed by atoms with Crippen molar-refractivity contribution < 1.29 is 14.3 Å². The lowest BCUT2D eigenvalue weighted by Crippen LogP contribution is -2.55. The molecule has 4 saturated carbocycles. The first kappa shape index (κ1) is 15.9. The standard InChI is InChI=1S/C23H30O3/c1-21-7-3-13(24)11-18(21)14-12-15(14)20-16(21)4-8-22(2)17(20)5-9-23(22)10-6-19(25)26-23/h11,14-17,20H,3-10,12H2,1-2H3. The van der Waals surface area contributed by atoms with Gasteiger partial charge in [0.05, 0.1) is 0 Å². The van der Waals surface area contributed by atoms with E-state index in [0.29, 0.717) is 24.0 Å². The summed E-state index contributed by atoms with van der Waals surface area (Å²) in [5.74, 6) is 4.09. The van der Waals surface area contributed by atoms with E-state index >= 15 is 0 Å². The Morgan fingerprint density at radius 2 is 1.81 bits per heavy atom. The summed E-state index contributed by atoms with van der Waals surface area (Å²) in [5, 5.41) is 0. The zero-order valence-electron chi connectivity index (χ0n) is 16.1. The topological polar surface area (TPSA) is 43.4 Å². The van der Waals surface area contributed by atoms with E-state index in [0.717, 1.165) is 43.4 Å². The third-order valence-electron chi connectivity index (χ3n) is 10.1. The number of hydrogen-bond donors (Lipinski definition) is 0. The highest BCUT2D eigenvalue weighted by Crippen LogP contribution is 2.75. The maximum atomic E-state index is 12.1. The molecule has 1 aliphatic heterocycles. The third kappa shape index (κ3) is 1.67. The molecule has 1 heterocycles. The number of allylic oxidation sites excluding steroid dienone is 1. The minimum absolute atomic E-state index is 0.0323. The van der Waals surface area contributed by atoms with Gasteiger partial charge < -0.3 is 4.74 Å². The zero-order chi connectivity index (χ0) is 17.9. The van der Waals surface area contributed by atoms with Gasteiger partial charge in [0.1, 0.15) is 5.60 Å². The molecule has 140 valence electrons. The summed E-state index contributed by atoms with van der Waals surface area (Å²) in [6.45, 7) is 4.93. The molecule has 6 aliphatic rings. The van der Waals surface area contributed by atoms with Gasteiger partial charge in [0, 0.05) is 18.3 Å². The lowest BCUT2D eigenvalue weighted by atomic mass is 9.46. The molecule has 1 saturated heterocycles. The maximum absolute atomic E-state index is 12.1. The minimum atomic E-state index is -0.163. The fourth-order valence-electron chi connectivity index (χ4n) is 8.70. The average Bonchev–Trinajstić information content (AvgIpc) is 3.23. The van der Waals surface area contributed by atoms with Crippen molar-refractivity contribution in [3.63, 3.8) is 0 Å². The first-order valence-electron chi connectivity index (χ1n) is 10.8. The molecule has 0 aromatic rings. The molecule has 5 aliphatic carbocycles. The van der Waals surface area contributed by atoms with Crippen LogP contribution in [-0.2, 0) is 14.3 Å². The van der Waals surface area contributed by atoms with Crippen LogP contribution in [0.25, 0.3) is 0 Å². The molecule has 5 fully saturated rings. The molecule has 26 heavy (non-hydrogen) atoms. The Kier molecular flexibility index (Phi) is 2.84. The van der Waals surface area contributed by atoms with E-state index in [1.54, 1.807) is 0 Å². The minimum Gasteiger partial charge on any atom is -0.458 e. The Morgan fingerprint density at radius 1 is 1.00 bits per heavy atom. The summed E-state index contributed by atoms with van der Waals surface area (Å²) >= 11 is 0. The van der Waals surface area contributed by atoms with E-state index in [2.05, 4.69) is 13.8 Å². The van der Waals surface area contributed by atoms with E-state index in [1.807, 2.05) is 6.08 Å². The summed E-state index contributed by atoms with van der Waals surface area (Å²) in [6, 6.07) is 0. The van der Waals surface area contributed by atoms with Crippen LogP contribution in [0.4, 0.5) is 0 Å². The molecule has 0 aromatic heterocycles. The molecule has 0 aromatic carbocycles. The normalized spacial score (nSPS) is 57.0. The van der Waals surface area contributed by atoms with Gasteiger partial charge in [0.25, 0.3) is 0 Å². The average molecular weight is 354 g/mol. The van der Waals surface area contributed by atoms with Crippen LogP contribution in [0.2, 0.25) is 0 Å². The molecular formula is C23H30O3. The van der Waals surface area contributed by atoms with Gasteiger partial charge in [-0.1, -0.05) is 19.4 Å². The van der Waals surface area contributed by atoms with Crippen LogP contribution < -0.4 is 0 Å². The van der Waals surface area contributed by atoms with Crippen molar-refractivity contribution in [2.75, 3.05) is 0 Å². The fourth-order valence-corrected chi connectivity index (χ4v) is 8.70. The Bertz CT molecular complexity index is 753. The second kappa shape index (κ2) is 4.64. The van der Waals surface area contributed by atoms with Crippen LogP contribution in [0, 0.1) is 40.4 Å². The van der Waals surface area contributed by atoms with Crippen LogP contribution in [0.15, 0.2) is 11.6 Å². The second-order valence-corrected chi connectivity index (χ2v) is 10.7. The van der Waals surface area contributed by atoms with E-state index in [9.17, 15) is 9.59 Å². The number of ether oxygens (including phenoxy) is 1. The molecule has 8 unspecified atom stereocenters. The lowest BCUT2D eigenvalue weighted by Gasteiger charge is -2.59. The van der Waals surface area contributed by atoms with Gasteiger partial charge in [0.15, 0.2) is 5.78 Å². The molecule has 0 amide bonds. The second-order valence-electron chi connectivity index (χ2n) is 10.7. The predicted octanol–water partition coefficient (Wildman–Crippen LogP) is 4.45. The van der Waals surface area contributed by atoms with Gasteiger partial charge in [-0.3, -0.25) is 9.59 Å². The number of hydrogen-bond acceptors (Lipinski definition) is 3. The third-order valence-corrected chi connectivity index (χ3v) is 10.1. The number of fused-ring (bicyclic) bond motifs is 9. The van der Waals surface area contributed by atoms with Crippen molar-refractivity contribution in [2.24, 2.45) is 40.4 Å². The number of carbonyl (C=O) groups is 2. The molecule has 0 radical (unpaired) electrons. The van der Waals surface area contributed by atoms with Gasteiger partial charge in [-0.25, -0.2) is 0 Å². The Morgan fingerprint density at radius 3 is 2.58 bits per heavy atom. The van der Waals surface area contributed by atoms with E-state index in [4.69, 9.17) is 4.74 Å².